The highest BCUT2D eigenvalue weighted by Gasteiger charge is 2.36. The van der Waals surface area contributed by atoms with Crippen molar-refractivity contribution in [2.24, 2.45) is 0 Å². The van der Waals surface area contributed by atoms with Gasteiger partial charge in [-0.1, -0.05) is 0 Å². The summed E-state index contributed by atoms with van der Waals surface area (Å²) in [6.45, 7) is 1.36. The van der Waals surface area contributed by atoms with Gasteiger partial charge in [0.15, 0.2) is 5.13 Å². The van der Waals surface area contributed by atoms with E-state index in [2.05, 4.69) is 24.6 Å². The van der Waals surface area contributed by atoms with Gasteiger partial charge in [-0.15, -0.1) is 11.3 Å². The largest absolute Gasteiger partial charge is 0.386 e. The second kappa shape index (κ2) is 9.20. The Labute approximate surface area is 196 Å². The van der Waals surface area contributed by atoms with E-state index in [0.717, 1.165) is 47.1 Å². The van der Waals surface area contributed by atoms with Crippen molar-refractivity contribution >= 4 is 49.0 Å². The Morgan fingerprint density at radius 2 is 2.18 bits per heavy atom. The van der Waals surface area contributed by atoms with Gasteiger partial charge in [-0.25, -0.2) is 13.4 Å². The maximum atomic E-state index is 12.8. The van der Waals surface area contributed by atoms with Crippen molar-refractivity contribution in [2.75, 3.05) is 42.6 Å². The summed E-state index contributed by atoms with van der Waals surface area (Å²) in [5, 5.41) is 14.1. The van der Waals surface area contributed by atoms with Crippen LogP contribution in [0.1, 0.15) is 18.5 Å². The van der Waals surface area contributed by atoms with Crippen LogP contribution in [0.3, 0.4) is 0 Å². The Bertz CT molecular complexity index is 1260. The van der Waals surface area contributed by atoms with Crippen LogP contribution < -0.4 is 9.62 Å². The average molecular weight is 491 g/mol. The summed E-state index contributed by atoms with van der Waals surface area (Å²) >= 11 is 1.13. The molecule has 1 aliphatic heterocycles. The number of carbonyl (C=O) groups excluding carboxylic acids is 1. The minimum atomic E-state index is -3.42. The summed E-state index contributed by atoms with van der Waals surface area (Å²) in [6.07, 6.45) is 7.68. The highest BCUT2D eigenvalue weighted by atomic mass is 32.2. The van der Waals surface area contributed by atoms with Gasteiger partial charge >= 0.3 is 0 Å². The molecule has 1 aliphatic rings. The highest BCUT2D eigenvalue weighted by Crippen LogP contribution is 2.31. The third kappa shape index (κ3) is 5.75. The van der Waals surface area contributed by atoms with Crippen LogP contribution in [0, 0.1) is 0 Å². The molecule has 0 saturated carbocycles. The monoisotopic (exact) mass is 490 g/mol. The molecule has 4 heterocycles. The molecule has 0 spiro atoms. The summed E-state index contributed by atoms with van der Waals surface area (Å²) in [4.78, 5) is 29.1. The van der Waals surface area contributed by atoms with Gasteiger partial charge in [0.1, 0.15) is 0 Å². The Hall–Kier alpha value is -2.83. The van der Waals surface area contributed by atoms with Gasteiger partial charge in [0, 0.05) is 55.2 Å². The zero-order valence-corrected chi connectivity index (χ0v) is 20.1. The van der Waals surface area contributed by atoms with E-state index in [0.29, 0.717) is 18.7 Å². The van der Waals surface area contributed by atoms with E-state index in [1.54, 1.807) is 31.0 Å². The fourth-order valence-electron chi connectivity index (χ4n) is 4.11. The van der Waals surface area contributed by atoms with Crippen LogP contribution in [0.25, 0.3) is 10.9 Å². The minimum Gasteiger partial charge on any atom is -0.386 e. The number of pyridine rings is 2. The van der Waals surface area contributed by atoms with Gasteiger partial charge < -0.3 is 14.9 Å². The molecule has 3 aromatic rings. The lowest BCUT2D eigenvalue weighted by Gasteiger charge is -2.42. The number of carbonyl (C=O) groups is 1. The number of aliphatic hydroxyl groups is 1. The molecule has 10 nitrogen and oxygen atoms in total. The number of thiazole rings is 1. The lowest BCUT2D eigenvalue weighted by Crippen LogP contribution is -2.55. The fourth-order valence-corrected chi connectivity index (χ4v) is 5.67. The van der Waals surface area contributed by atoms with E-state index < -0.39 is 15.6 Å². The maximum Gasteiger partial charge on any atom is 0.231 e. The van der Waals surface area contributed by atoms with Crippen LogP contribution in [-0.4, -0.2) is 77.8 Å². The summed E-state index contributed by atoms with van der Waals surface area (Å²) < 4.78 is 25.0. The number of fused-ring (bicyclic) bond motifs is 1. The number of hydrogen-bond acceptors (Lipinski definition) is 9. The third-order valence-corrected chi connectivity index (χ3v) is 7.03. The zero-order valence-electron chi connectivity index (χ0n) is 18.4. The minimum absolute atomic E-state index is 0.0267. The maximum absolute atomic E-state index is 12.8. The molecule has 0 aliphatic carbocycles. The van der Waals surface area contributed by atoms with E-state index in [1.165, 1.54) is 4.90 Å². The molecule has 33 heavy (non-hydrogen) atoms. The highest BCUT2D eigenvalue weighted by molar-refractivity contribution is 7.92. The molecule has 0 bridgehead atoms. The first-order chi connectivity index (χ1) is 15.6. The summed E-state index contributed by atoms with van der Waals surface area (Å²) in [5.41, 5.74) is 1.23. The van der Waals surface area contributed by atoms with Gasteiger partial charge in [0.2, 0.25) is 15.9 Å². The molecule has 2 N–H and O–H groups in total. The van der Waals surface area contributed by atoms with Gasteiger partial charge in [-0.2, -0.15) is 0 Å². The molecule has 1 atom stereocenters. The number of likely N-dealkylation sites (N-methyl/N-ethyl adjacent to an activating group) is 1. The number of rotatable bonds is 7. The van der Waals surface area contributed by atoms with Gasteiger partial charge in [0.05, 0.1) is 36.0 Å². The Morgan fingerprint density at radius 3 is 2.97 bits per heavy atom. The van der Waals surface area contributed by atoms with E-state index in [9.17, 15) is 18.3 Å². The van der Waals surface area contributed by atoms with Crippen LogP contribution in [0.5, 0.6) is 0 Å². The quantitative estimate of drug-likeness (QED) is 0.510. The van der Waals surface area contributed by atoms with Crippen molar-refractivity contribution in [1.29, 1.82) is 0 Å². The summed E-state index contributed by atoms with van der Waals surface area (Å²) in [5.74, 6) is -0.199. The standard InChI is InChI=1S/C21H26N6O4S2/c1-26(19(28)10-15-12-32-20(24-15)25-33(2,30)31)13-21(29)6-3-9-27(14-21)18-5-8-23-17-4-7-22-11-16(17)18/h4-5,7-8,11-12,29H,3,6,9-10,13-14H2,1-2H3,(H,24,25)/t21-/m0/s1. The number of hydrogen-bond donors (Lipinski definition) is 2. The lowest BCUT2D eigenvalue weighted by molar-refractivity contribution is -0.132. The topological polar surface area (TPSA) is 129 Å². The van der Waals surface area contributed by atoms with Crippen molar-refractivity contribution in [1.82, 2.24) is 19.9 Å². The normalized spacial score (nSPS) is 18.9. The number of β-amino-alcohol motifs (C(OH)–C–C–N with tert-alkyl or cyclic N) is 1. The molecule has 0 radical (unpaired) electrons. The smallest absolute Gasteiger partial charge is 0.231 e. The molecule has 1 saturated heterocycles. The predicted octanol–water partition coefficient (Wildman–Crippen LogP) is 1.49. The number of aromatic nitrogens is 3. The number of sulfonamides is 1. The number of nitrogens with zero attached hydrogens (tertiary/aromatic N) is 5. The van der Waals surface area contributed by atoms with Gasteiger partial charge in [0.25, 0.3) is 0 Å². The van der Waals surface area contributed by atoms with Crippen molar-refractivity contribution in [2.45, 2.75) is 24.9 Å². The van der Waals surface area contributed by atoms with Crippen molar-refractivity contribution < 1.29 is 18.3 Å². The van der Waals surface area contributed by atoms with E-state index >= 15 is 0 Å². The summed E-state index contributed by atoms with van der Waals surface area (Å²) in [6, 6.07) is 3.78. The second-order valence-corrected chi connectivity index (χ2v) is 11.0. The van der Waals surface area contributed by atoms with Crippen LogP contribution >= 0.6 is 11.3 Å². The van der Waals surface area contributed by atoms with E-state index in [-0.39, 0.29) is 24.0 Å². The SMILES string of the molecule is CN(C[C@@]1(O)CCCN(c2ccnc3ccncc23)C1)C(=O)Cc1csc(NS(C)(=O)=O)n1. The van der Waals surface area contributed by atoms with E-state index in [4.69, 9.17) is 0 Å². The number of piperidine rings is 1. The van der Waals surface area contributed by atoms with E-state index in [1.807, 2.05) is 12.1 Å². The fraction of sp³-hybridized carbons (Fsp3) is 0.429. The molecule has 1 fully saturated rings. The number of amides is 1. The summed E-state index contributed by atoms with van der Waals surface area (Å²) in [7, 11) is -1.76. The van der Waals surface area contributed by atoms with Crippen LogP contribution in [-0.2, 0) is 21.2 Å². The van der Waals surface area contributed by atoms with Gasteiger partial charge in [-0.05, 0) is 25.0 Å². The van der Waals surface area contributed by atoms with Crippen LogP contribution in [0.2, 0.25) is 0 Å². The first-order valence-electron chi connectivity index (χ1n) is 10.4. The first kappa shape index (κ1) is 23.3. The molecule has 1 amide bonds. The lowest BCUT2D eigenvalue weighted by atomic mass is 9.91. The second-order valence-electron chi connectivity index (χ2n) is 8.42. The molecule has 0 aromatic carbocycles. The molecular weight excluding hydrogens is 464 g/mol. The zero-order chi connectivity index (χ0) is 23.6. The predicted molar refractivity (Wildman–Crippen MR) is 128 cm³/mol. The Kier molecular flexibility index (Phi) is 6.50. The molecule has 176 valence electrons. The first-order valence-corrected chi connectivity index (χ1v) is 13.2. The number of nitrogens with one attached hydrogen (secondary N) is 1. The molecular formula is C21H26N6O4S2. The van der Waals surface area contributed by atoms with Crippen molar-refractivity contribution in [3.63, 3.8) is 0 Å². The molecule has 0 unspecified atom stereocenters. The Morgan fingerprint density at radius 1 is 1.36 bits per heavy atom. The number of anilines is 2. The van der Waals surface area contributed by atoms with Crippen LogP contribution in [0.4, 0.5) is 10.8 Å². The average Bonchev–Trinajstić information content (AvgIpc) is 3.17. The molecule has 4 rings (SSSR count). The Balaban J connectivity index is 1.42. The van der Waals surface area contributed by atoms with Crippen molar-refractivity contribution in [3.8, 4) is 0 Å². The van der Waals surface area contributed by atoms with Crippen LogP contribution in [0.15, 0.2) is 36.1 Å². The third-order valence-electron chi connectivity index (χ3n) is 5.53. The van der Waals surface area contributed by atoms with Crippen molar-refractivity contribution in [3.05, 3.63) is 41.8 Å². The molecule has 12 heteroatoms. The van der Waals surface area contributed by atoms with Gasteiger partial charge in [-0.3, -0.25) is 19.5 Å². The molecule has 3 aromatic heterocycles.